The van der Waals surface area contributed by atoms with Crippen LogP contribution in [0.3, 0.4) is 0 Å². The van der Waals surface area contributed by atoms with Crippen molar-refractivity contribution >= 4 is 17.5 Å². The van der Waals surface area contributed by atoms with Gasteiger partial charge in [0, 0.05) is 16.4 Å². The third-order valence-electron chi connectivity index (χ3n) is 10.4. The summed E-state index contributed by atoms with van der Waals surface area (Å²) in [5.41, 5.74) is 3.00. The summed E-state index contributed by atoms with van der Waals surface area (Å²) in [6.45, 7) is 11.8. The van der Waals surface area contributed by atoms with Crippen LogP contribution in [0, 0.1) is 27.6 Å². The molecule has 2 saturated carbocycles. The van der Waals surface area contributed by atoms with Gasteiger partial charge in [0.1, 0.15) is 6.10 Å². The summed E-state index contributed by atoms with van der Waals surface area (Å²) in [5, 5.41) is 21.3. The molecule has 0 aromatic carbocycles. The average molecular weight is 493 g/mol. The Morgan fingerprint density at radius 2 is 1.69 bits per heavy atom. The molecule has 5 aliphatic carbocycles. The van der Waals surface area contributed by atoms with Gasteiger partial charge in [-0.1, -0.05) is 38.5 Å². The highest BCUT2D eigenvalue weighted by Gasteiger charge is 2.67. The molecule has 5 rings (SSSR count). The van der Waals surface area contributed by atoms with Crippen LogP contribution in [0.4, 0.5) is 0 Å². The summed E-state index contributed by atoms with van der Waals surface area (Å²) in [5.74, 6) is -1.56. The smallest absolute Gasteiger partial charge is 0.314 e. The third kappa shape index (κ3) is 2.79. The lowest BCUT2D eigenvalue weighted by Crippen LogP contribution is -2.64. The molecule has 6 heteroatoms. The van der Waals surface area contributed by atoms with Gasteiger partial charge in [0.05, 0.1) is 12.5 Å². The molecule has 0 spiro atoms. The third-order valence-corrected chi connectivity index (χ3v) is 10.4. The van der Waals surface area contributed by atoms with E-state index in [1.54, 1.807) is 19.9 Å². The fraction of sp³-hybridized carbons (Fsp3) is 0.567. The summed E-state index contributed by atoms with van der Waals surface area (Å²) >= 11 is 0. The monoisotopic (exact) mass is 492 g/mol. The fourth-order valence-electron chi connectivity index (χ4n) is 8.34. The topological polar surface area (TPSA) is 101 Å². The maximum atomic E-state index is 13.7. The number of aliphatic hydroxyl groups excluding tert-OH is 2. The van der Waals surface area contributed by atoms with E-state index in [9.17, 15) is 24.6 Å². The predicted octanol–water partition coefficient (Wildman–Crippen LogP) is 4.86. The van der Waals surface area contributed by atoms with Crippen LogP contribution in [0.2, 0.25) is 0 Å². The molecule has 0 radical (unpaired) electrons. The van der Waals surface area contributed by atoms with Crippen molar-refractivity contribution in [1.82, 2.24) is 0 Å². The Hall–Kier alpha value is -2.73. The number of esters is 1. The van der Waals surface area contributed by atoms with Crippen molar-refractivity contribution in [3.05, 3.63) is 57.4 Å². The highest BCUT2D eigenvalue weighted by Crippen LogP contribution is 2.70. The summed E-state index contributed by atoms with van der Waals surface area (Å²) in [6.07, 6.45) is 6.69. The molecule has 0 heterocycles. The standard InChI is InChI=1S/C30H36O6/c1-15-13-29(5)21(14-30(6,26(35)36-7)25(34)24(29)33)28(4)11-10-27(3)18(22(15)28)9-8-17-16(2)23(32)20(31)12-19(17)27/h8-9,12,21,25,32,34H,10-11,13-14H2,1-7H3/t21-,25-,27+,28-,29+,30-/m0/s1. The number of ether oxygens (including phenoxy) is 1. The van der Waals surface area contributed by atoms with Crippen molar-refractivity contribution in [3.63, 3.8) is 0 Å². The molecule has 0 bridgehead atoms. The minimum Gasteiger partial charge on any atom is -0.504 e. The lowest BCUT2D eigenvalue weighted by molar-refractivity contribution is -0.184. The van der Waals surface area contributed by atoms with E-state index < -0.39 is 33.7 Å². The van der Waals surface area contributed by atoms with Gasteiger partial charge in [0.15, 0.2) is 11.5 Å². The van der Waals surface area contributed by atoms with Gasteiger partial charge in [-0.05, 0) is 86.2 Å². The van der Waals surface area contributed by atoms with E-state index in [1.165, 1.54) is 12.7 Å². The van der Waals surface area contributed by atoms with Crippen molar-refractivity contribution in [2.24, 2.45) is 27.6 Å². The van der Waals surface area contributed by atoms with Gasteiger partial charge in [-0.3, -0.25) is 14.4 Å². The Morgan fingerprint density at radius 1 is 1.03 bits per heavy atom. The van der Waals surface area contributed by atoms with Gasteiger partial charge in [0.2, 0.25) is 5.78 Å². The second kappa shape index (κ2) is 7.41. The van der Waals surface area contributed by atoms with Crippen LogP contribution in [0.1, 0.15) is 67.2 Å². The molecule has 0 unspecified atom stereocenters. The molecule has 2 fully saturated rings. The van der Waals surface area contributed by atoms with Crippen LogP contribution >= 0.6 is 0 Å². The lowest BCUT2D eigenvalue weighted by atomic mass is 9.40. The van der Waals surface area contributed by atoms with Gasteiger partial charge < -0.3 is 14.9 Å². The Balaban J connectivity index is 1.70. The van der Waals surface area contributed by atoms with Gasteiger partial charge in [-0.15, -0.1) is 0 Å². The van der Waals surface area contributed by atoms with Crippen LogP contribution in [0.15, 0.2) is 57.4 Å². The minimum atomic E-state index is -1.40. The molecule has 0 aromatic heterocycles. The van der Waals surface area contributed by atoms with Crippen molar-refractivity contribution in [2.75, 3.05) is 7.11 Å². The molecule has 0 saturated heterocycles. The number of hydrogen-bond acceptors (Lipinski definition) is 6. The SMILES string of the molecule is COC(=O)[C@@]1(C)C[C@@H]2[C@@](C)(CC(C)=C3C4=CC=C5C(=CC(=O)C(O)=C5C)[C@]4(C)CC[C@]32C)C(=O)[C@@H]1O. The average Bonchev–Trinajstić information content (AvgIpc) is 2.83. The van der Waals surface area contributed by atoms with Crippen molar-refractivity contribution in [3.8, 4) is 0 Å². The van der Waals surface area contributed by atoms with E-state index in [1.807, 2.05) is 13.0 Å². The van der Waals surface area contributed by atoms with Gasteiger partial charge in [-0.2, -0.15) is 0 Å². The van der Waals surface area contributed by atoms with Crippen LogP contribution in [-0.2, 0) is 19.1 Å². The predicted molar refractivity (Wildman–Crippen MR) is 135 cm³/mol. The Kier molecular flexibility index (Phi) is 5.13. The number of fused-ring (bicyclic) bond motifs is 7. The molecule has 5 aliphatic rings. The minimum absolute atomic E-state index is 0.160. The summed E-state index contributed by atoms with van der Waals surface area (Å²) in [4.78, 5) is 39.2. The number of Topliss-reactive ketones (excluding diaryl/α,β-unsaturated/α-hetero) is 1. The first-order valence-electron chi connectivity index (χ1n) is 12.8. The van der Waals surface area contributed by atoms with Crippen molar-refractivity contribution in [2.45, 2.75) is 73.3 Å². The van der Waals surface area contributed by atoms with Crippen molar-refractivity contribution < 1.29 is 29.3 Å². The molecular weight excluding hydrogens is 456 g/mol. The zero-order valence-corrected chi connectivity index (χ0v) is 22.2. The fourth-order valence-corrected chi connectivity index (χ4v) is 8.34. The number of carbonyl (C=O) groups excluding carboxylic acids is 3. The largest absolute Gasteiger partial charge is 0.504 e. The molecule has 0 aliphatic heterocycles. The van der Waals surface area contributed by atoms with Gasteiger partial charge >= 0.3 is 5.97 Å². The molecule has 36 heavy (non-hydrogen) atoms. The van der Waals surface area contributed by atoms with E-state index in [0.717, 1.165) is 35.1 Å². The molecular formula is C30H36O6. The van der Waals surface area contributed by atoms with Crippen LogP contribution in [0.5, 0.6) is 0 Å². The quantitative estimate of drug-likeness (QED) is 0.507. The first kappa shape index (κ1) is 24.9. The number of hydrogen-bond donors (Lipinski definition) is 2. The number of ketones is 2. The Bertz CT molecular complexity index is 1290. The van der Waals surface area contributed by atoms with Gasteiger partial charge in [0.25, 0.3) is 0 Å². The number of allylic oxidation sites excluding steroid dienone is 9. The molecule has 192 valence electrons. The first-order chi connectivity index (χ1) is 16.7. The summed E-state index contributed by atoms with van der Waals surface area (Å²) < 4.78 is 5.06. The summed E-state index contributed by atoms with van der Waals surface area (Å²) in [7, 11) is 1.30. The second-order valence-corrected chi connectivity index (χ2v) is 12.5. The molecule has 6 atom stereocenters. The van der Waals surface area contributed by atoms with Crippen LogP contribution in [-0.4, -0.2) is 41.0 Å². The number of carbonyl (C=O) groups is 3. The zero-order chi connectivity index (χ0) is 26.6. The van der Waals surface area contributed by atoms with Crippen molar-refractivity contribution in [1.29, 1.82) is 0 Å². The normalized spacial score (nSPS) is 41.9. The maximum absolute atomic E-state index is 13.7. The van der Waals surface area contributed by atoms with E-state index in [2.05, 4.69) is 26.8 Å². The van der Waals surface area contributed by atoms with Gasteiger partial charge in [-0.25, -0.2) is 0 Å². The molecule has 0 amide bonds. The highest BCUT2D eigenvalue weighted by atomic mass is 16.5. The van der Waals surface area contributed by atoms with Crippen LogP contribution in [0.25, 0.3) is 0 Å². The summed E-state index contributed by atoms with van der Waals surface area (Å²) in [6, 6.07) is 0. The number of rotatable bonds is 1. The van der Waals surface area contributed by atoms with E-state index in [4.69, 9.17) is 4.74 Å². The van der Waals surface area contributed by atoms with Crippen LogP contribution < -0.4 is 0 Å². The molecule has 6 nitrogen and oxygen atoms in total. The second-order valence-electron chi connectivity index (χ2n) is 12.5. The molecule has 2 N–H and O–H groups in total. The number of methoxy groups -OCH3 is 1. The number of aliphatic hydroxyl groups is 2. The highest BCUT2D eigenvalue weighted by molar-refractivity contribution is 6.06. The van der Waals surface area contributed by atoms with E-state index in [0.29, 0.717) is 18.4 Å². The van der Waals surface area contributed by atoms with E-state index >= 15 is 0 Å². The Morgan fingerprint density at radius 3 is 2.33 bits per heavy atom. The lowest BCUT2D eigenvalue weighted by Gasteiger charge is -2.63. The molecule has 0 aromatic rings. The first-order valence-corrected chi connectivity index (χ1v) is 12.8. The zero-order valence-electron chi connectivity index (χ0n) is 22.2. The Labute approximate surface area is 212 Å². The van der Waals surface area contributed by atoms with E-state index in [-0.39, 0.29) is 23.2 Å². The maximum Gasteiger partial charge on any atom is 0.314 e.